The number of nitriles is 1. The number of benzene rings is 2. The second-order valence-electron chi connectivity index (χ2n) is 6.11. The number of amides is 1. The monoisotopic (exact) mass is 417 g/mol. The molecule has 0 radical (unpaired) electrons. The zero-order valence-corrected chi connectivity index (χ0v) is 15.9. The number of carbonyl (C=O) groups is 3. The van der Waals surface area contributed by atoms with E-state index in [1.165, 1.54) is 12.3 Å². The van der Waals surface area contributed by atoms with Crippen LogP contribution in [0.4, 0.5) is 0 Å². The van der Waals surface area contributed by atoms with Gasteiger partial charge in [-0.25, -0.2) is 15.4 Å². The maximum Gasteiger partial charge on any atom is 0.382 e. The highest BCUT2D eigenvalue weighted by atomic mass is 16.6. The van der Waals surface area contributed by atoms with Crippen LogP contribution in [0.1, 0.15) is 42.4 Å². The van der Waals surface area contributed by atoms with Crippen LogP contribution in [0.3, 0.4) is 0 Å². The first kappa shape index (κ1) is 21.0. The van der Waals surface area contributed by atoms with E-state index in [0.717, 1.165) is 12.1 Å². The van der Waals surface area contributed by atoms with Gasteiger partial charge in [-0.1, -0.05) is 43.0 Å². The van der Waals surface area contributed by atoms with Gasteiger partial charge in [0, 0.05) is 11.1 Å². The molecule has 31 heavy (non-hydrogen) atoms. The summed E-state index contributed by atoms with van der Waals surface area (Å²) in [5.74, 6) is 0.925. The van der Waals surface area contributed by atoms with Gasteiger partial charge in [-0.2, -0.15) is 5.26 Å². The molecule has 1 aromatic heterocycles. The third-order valence-corrected chi connectivity index (χ3v) is 4.35. The number of nitrogens with one attached hydrogen (secondary N) is 1. The van der Waals surface area contributed by atoms with Crippen molar-refractivity contribution < 1.29 is 28.6 Å². The Morgan fingerprint density at radius 2 is 1.87 bits per heavy atom. The highest BCUT2D eigenvalue weighted by Crippen LogP contribution is 2.31. The van der Waals surface area contributed by atoms with Crippen molar-refractivity contribution in [2.24, 2.45) is 5.84 Å². The van der Waals surface area contributed by atoms with Crippen molar-refractivity contribution in [3.63, 3.8) is 0 Å². The number of hydrogen-bond acceptors (Lipinski definition) is 8. The fourth-order valence-electron chi connectivity index (χ4n) is 2.94. The molecule has 0 fully saturated rings. The highest BCUT2D eigenvalue weighted by molar-refractivity contribution is 6.11. The molecule has 0 saturated heterocycles. The van der Waals surface area contributed by atoms with E-state index in [4.69, 9.17) is 15.0 Å². The molecule has 3 aromatic rings. The summed E-state index contributed by atoms with van der Waals surface area (Å²) in [5, 5.41) is 19.0. The van der Waals surface area contributed by atoms with Crippen molar-refractivity contribution in [1.82, 2.24) is 5.43 Å². The lowest BCUT2D eigenvalue weighted by Gasteiger charge is -2.10. The number of nitrogens with two attached hydrogens (primary N) is 1. The van der Waals surface area contributed by atoms with Gasteiger partial charge in [-0.05, 0) is 17.7 Å². The van der Waals surface area contributed by atoms with Crippen LogP contribution in [0.15, 0.2) is 59.7 Å². The topological polar surface area (TPSA) is 156 Å². The second kappa shape index (κ2) is 8.77. The molecular formula is C22H15N3O6. The number of carbonyl (C=O) groups excluding carboxylic acids is 3. The Kier molecular flexibility index (Phi) is 5.95. The van der Waals surface area contributed by atoms with E-state index < -0.39 is 40.3 Å². The van der Waals surface area contributed by atoms with Crippen molar-refractivity contribution in [3.05, 3.63) is 83.3 Å². The third-order valence-electron chi connectivity index (χ3n) is 4.35. The van der Waals surface area contributed by atoms with Gasteiger partial charge in [0.25, 0.3) is 5.91 Å². The van der Waals surface area contributed by atoms with E-state index in [-0.39, 0.29) is 5.76 Å². The first-order valence-corrected chi connectivity index (χ1v) is 8.75. The Labute approximate surface area is 175 Å². The summed E-state index contributed by atoms with van der Waals surface area (Å²) in [4.78, 5) is 37.5. The number of furan rings is 1. The number of aromatic hydroxyl groups is 1. The van der Waals surface area contributed by atoms with Crippen LogP contribution in [0.2, 0.25) is 0 Å². The van der Waals surface area contributed by atoms with Gasteiger partial charge in [0.05, 0.1) is 17.4 Å². The van der Waals surface area contributed by atoms with Crippen LogP contribution >= 0.6 is 0 Å². The number of nitrogen functional groups attached to an aromatic ring is 1. The molecule has 0 bridgehead atoms. The average Bonchev–Trinajstić information content (AvgIpc) is 3.23. The van der Waals surface area contributed by atoms with Gasteiger partial charge in [0.15, 0.2) is 0 Å². The van der Waals surface area contributed by atoms with Crippen LogP contribution < -0.4 is 11.3 Å². The Balaban J connectivity index is 2.01. The molecular weight excluding hydrogens is 402 g/mol. The molecule has 9 nitrogen and oxygen atoms in total. The van der Waals surface area contributed by atoms with Crippen molar-refractivity contribution in [3.8, 4) is 22.9 Å². The molecule has 0 saturated carbocycles. The zero-order chi connectivity index (χ0) is 22.5. The summed E-state index contributed by atoms with van der Waals surface area (Å²) in [7, 11) is 0. The molecule has 4 N–H and O–H groups in total. The fourth-order valence-corrected chi connectivity index (χ4v) is 2.94. The van der Waals surface area contributed by atoms with Gasteiger partial charge in [0.1, 0.15) is 17.4 Å². The number of phenolic OH excluding ortho intramolecular Hbond substituents is 1. The number of nitrogens with zero attached hydrogens (tertiary/aromatic N) is 1. The molecule has 0 aliphatic rings. The predicted octanol–water partition coefficient (Wildman–Crippen LogP) is 2.77. The first-order chi connectivity index (χ1) is 14.9. The molecule has 1 heterocycles. The smallest absolute Gasteiger partial charge is 0.382 e. The van der Waals surface area contributed by atoms with Crippen LogP contribution in [0, 0.1) is 11.3 Å². The second-order valence-corrected chi connectivity index (χ2v) is 6.11. The molecule has 0 atom stereocenters. The lowest BCUT2D eigenvalue weighted by atomic mass is 10.00. The minimum Gasteiger partial charge on any atom is -0.507 e. The molecule has 1 amide bonds. The summed E-state index contributed by atoms with van der Waals surface area (Å²) in [6, 6.07) is 12.4. The van der Waals surface area contributed by atoms with Gasteiger partial charge in [-0.3, -0.25) is 10.2 Å². The summed E-state index contributed by atoms with van der Waals surface area (Å²) in [6.45, 7) is 3.68. The zero-order valence-electron chi connectivity index (χ0n) is 15.9. The van der Waals surface area contributed by atoms with E-state index in [9.17, 15) is 24.8 Å². The number of hydrazine groups is 1. The van der Waals surface area contributed by atoms with E-state index in [1.807, 2.05) is 0 Å². The molecule has 0 aliphatic carbocycles. The van der Waals surface area contributed by atoms with Crippen molar-refractivity contribution in [2.75, 3.05) is 0 Å². The van der Waals surface area contributed by atoms with Crippen molar-refractivity contribution in [1.29, 1.82) is 5.26 Å². The largest absolute Gasteiger partial charge is 0.507 e. The number of phenols is 1. The maximum absolute atomic E-state index is 12.7. The number of esters is 2. The van der Waals surface area contributed by atoms with Crippen LogP contribution in [-0.4, -0.2) is 23.0 Å². The SMILES string of the molecule is C=Cc1coc(C(=O)OC(=O)c2ccc(O)c(C#N)c2C(=O)NN)c1-c1ccccc1. The van der Waals surface area contributed by atoms with E-state index in [1.54, 1.807) is 41.8 Å². The molecule has 2 aromatic carbocycles. The Bertz CT molecular complexity index is 1240. The van der Waals surface area contributed by atoms with Crippen molar-refractivity contribution in [2.45, 2.75) is 0 Å². The fraction of sp³-hybridized carbons (Fsp3) is 0. The average molecular weight is 417 g/mol. The summed E-state index contributed by atoms with van der Waals surface area (Å²) >= 11 is 0. The van der Waals surface area contributed by atoms with Crippen molar-refractivity contribution >= 4 is 23.9 Å². The van der Waals surface area contributed by atoms with Crippen LogP contribution in [0.25, 0.3) is 17.2 Å². The summed E-state index contributed by atoms with van der Waals surface area (Å²) in [5.41, 5.74) is 1.82. The van der Waals surface area contributed by atoms with Gasteiger partial charge >= 0.3 is 11.9 Å². The first-order valence-electron chi connectivity index (χ1n) is 8.75. The normalized spacial score (nSPS) is 10.1. The quantitative estimate of drug-likeness (QED) is 0.188. The molecule has 0 spiro atoms. The van der Waals surface area contributed by atoms with Crippen LogP contribution in [-0.2, 0) is 4.74 Å². The maximum atomic E-state index is 12.7. The van der Waals surface area contributed by atoms with Crippen LogP contribution in [0.5, 0.6) is 5.75 Å². The molecule has 0 unspecified atom stereocenters. The van der Waals surface area contributed by atoms with E-state index in [0.29, 0.717) is 16.7 Å². The molecule has 3 rings (SSSR count). The minimum absolute atomic E-state index is 0.251. The van der Waals surface area contributed by atoms with E-state index >= 15 is 0 Å². The van der Waals surface area contributed by atoms with Gasteiger partial charge in [-0.15, -0.1) is 0 Å². The molecule has 0 aliphatic heterocycles. The summed E-state index contributed by atoms with van der Waals surface area (Å²) in [6.07, 6.45) is 2.77. The third kappa shape index (κ3) is 3.91. The van der Waals surface area contributed by atoms with Gasteiger partial charge < -0.3 is 14.3 Å². The Morgan fingerprint density at radius 1 is 1.16 bits per heavy atom. The molecule has 154 valence electrons. The molecule has 9 heteroatoms. The summed E-state index contributed by atoms with van der Waals surface area (Å²) < 4.78 is 10.2. The Hall–Kier alpha value is -4.68. The lowest BCUT2D eigenvalue weighted by Crippen LogP contribution is -2.32. The standard InChI is InChI=1S/C22H15N3O6/c1-2-12-11-30-19(17(12)13-6-4-3-5-7-13)22(29)31-21(28)14-8-9-16(26)15(10-23)18(14)20(27)25-24/h2-9,11,26H,1,24H2,(H,25,27). The Morgan fingerprint density at radius 3 is 2.48 bits per heavy atom. The lowest BCUT2D eigenvalue weighted by molar-refractivity contribution is 0.0374. The highest BCUT2D eigenvalue weighted by Gasteiger charge is 2.29. The van der Waals surface area contributed by atoms with E-state index in [2.05, 4.69) is 6.58 Å². The number of hydrogen-bond donors (Lipinski definition) is 3. The van der Waals surface area contributed by atoms with Gasteiger partial charge in [0.2, 0.25) is 5.76 Å². The number of rotatable bonds is 5. The predicted molar refractivity (Wildman–Crippen MR) is 108 cm³/mol. The minimum atomic E-state index is -1.24. The number of ether oxygens (including phenoxy) is 1.